The Balaban J connectivity index is 1.97. The Morgan fingerprint density at radius 3 is 2.57 bits per heavy atom. The Morgan fingerprint density at radius 2 is 1.89 bits per heavy atom. The normalized spacial score (nSPS) is 15.1. The molecule has 1 aromatic carbocycles. The van der Waals surface area contributed by atoms with Crippen molar-refractivity contribution in [1.82, 2.24) is 9.29 Å². The Labute approximate surface area is 164 Å². The van der Waals surface area contributed by atoms with E-state index in [0.29, 0.717) is 18.8 Å². The monoisotopic (exact) mass is 405 g/mol. The molecule has 0 atom stereocenters. The van der Waals surface area contributed by atoms with Gasteiger partial charge in [-0.1, -0.05) is 6.42 Å². The van der Waals surface area contributed by atoms with E-state index in [-0.39, 0.29) is 22.0 Å². The zero-order chi connectivity index (χ0) is 20.1. The number of aromatic nitrogens is 1. The fraction of sp³-hybridized carbons (Fsp3) is 0.368. The molecule has 0 aliphatic carbocycles. The molecule has 150 valence electrons. The summed E-state index contributed by atoms with van der Waals surface area (Å²) in [5.41, 5.74) is 0.724. The number of nitrogens with zero attached hydrogens (tertiary/aromatic N) is 2. The first kappa shape index (κ1) is 20.1. The number of methoxy groups -OCH3 is 2. The summed E-state index contributed by atoms with van der Waals surface area (Å²) in [6, 6.07) is 7.95. The molecule has 0 radical (unpaired) electrons. The highest BCUT2D eigenvalue weighted by molar-refractivity contribution is 7.89. The molecule has 1 saturated heterocycles. The van der Waals surface area contributed by atoms with E-state index in [0.717, 1.165) is 19.3 Å². The predicted octanol–water partition coefficient (Wildman–Crippen LogP) is 2.80. The minimum atomic E-state index is -3.69. The Kier molecular flexibility index (Phi) is 6.15. The number of piperidine rings is 1. The van der Waals surface area contributed by atoms with Crippen molar-refractivity contribution < 1.29 is 22.7 Å². The van der Waals surface area contributed by atoms with Crippen LogP contribution < -0.4 is 10.1 Å². The molecule has 8 nitrogen and oxygen atoms in total. The third kappa shape index (κ3) is 4.10. The number of ether oxygens (including phenoxy) is 2. The molecular weight excluding hydrogens is 382 g/mol. The average Bonchev–Trinajstić information content (AvgIpc) is 2.74. The van der Waals surface area contributed by atoms with Crippen LogP contribution in [0, 0.1) is 0 Å². The van der Waals surface area contributed by atoms with Crippen LogP contribution in [0.4, 0.5) is 11.5 Å². The van der Waals surface area contributed by atoms with Gasteiger partial charge >= 0.3 is 5.97 Å². The standard InChI is InChI=1S/C19H23N3O5S/c1-26-16-9-8-14(21-18-15(19(23)27-2)7-6-10-20-18)13-17(16)28(24,25)22-11-4-3-5-12-22/h6-10,13H,3-5,11-12H2,1-2H3,(H,20,21). The van der Waals surface area contributed by atoms with Gasteiger partial charge in [-0.2, -0.15) is 4.31 Å². The van der Waals surface area contributed by atoms with Crippen molar-refractivity contribution in [3.8, 4) is 5.75 Å². The average molecular weight is 405 g/mol. The zero-order valence-electron chi connectivity index (χ0n) is 15.8. The molecule has 0 spiro atoms. The van der Waals surface area contributed by atoms with Gasteiger partial charge < -0.3 is 14.8 Å². The molecule has 1 fully saturated rings. The minimum absolute atomic E-state index is 0.0810. The highest BCUT2D eigenvalue weighted by Crippen LogP contribution is 2.32. The summed E-state index contributed by atoms with van der Waals surface area (Å²) in [6.07, 6.45) is 4.25. The summed E-state index contributed by atoms with van der Waals surface area (Å²) in [5, 5.41) is 3.00. The van der Waals surface area contributed by atoms with E-state index >= 15 is 0 Å². The van der Waals surface area contributed by atoms with Gasteiger partial charge in [0, 0.05) is 25.0 Å². The molecule has 28 heavy (non-hydrogen) atoms. The van der Waals surface area contributed by atoms with Crippen molar-refractivity contribution in [2.75, 3.05) is 32.6 Å². The van der Waals surface area contributed by atoms with E-state index in [4.69, 9.17) is 9.47 Å². The van der Waals surface area contributed by atoms with Crippen LogP contribution in [0.5, 0.6) is 5.75 Å². The van der Waals surface area contributed by atoms with E-state index in [2.05, 4.69) is 10.3 Å². The zero-order valence-corrected chi connectivity index (χ0v) is 16.7. The van der Waals surface area contributed by atoms with Gasteiger partial charge in [0.2, 0.25) is 10.0 Å². The second kappa shape index (κ2) is 8.57. The summed E-state index contributed by atoms with van der Waals surface area (Å²) < 4.78 is 37.8. The molecule has 1 aromatic heterocycles. The van der Waals surface area contributed by atoms with Gasteiger partial charge in [-0.3, -0.25) is 0 Å². The maximum absolute atomic E-state index is 13.1. The molecule has 9 heteroatoms. The van der Waals surface area contributed by atoms with E-state index in [1.54, 1.807) is 24.3 Å². The van der Waals surface area contributed by atoms with Gasteiger partial charge in [0.05, 0.1) is 14.2 Å². The van der Waals surface area contributed by atoms with Crippen molar-refractivity contribution in [2.45, 2.75) is 24.2 Å². The first-order valence-corrected chi connectivity index (χ1v) is 10.4. The number of benzene rings is 1. The SMILES string of the molecule is COC(=O)c1cccnc1Nc1ccc(OC)c(S(=O)(=O)N2CCCCC2)c1. The summed E-state index contributed by atoms with van der Waals surface area (Å²) in [6.45, 7) is 0.992. The number of carbonyl (C=O) groups is 1. The largest absolute Gasteiger partial charge is 0.495 e. The number of esters is 1. The maximum atomic E-state index is 13.1. The van der Waals surface area contributed by atoms with Gasteiger partial charge in [0.15, 0.2) is 0 Å². The van der Waals surface area contributed by atoms with E-state index in [9.17, 15) is 13.2 Å². The molecule has 1 aliphatic heterocycles. The summed E-state index contributed by atoms with van der Waals surface area (Å²) in [7, 11) is -0.971. The highest BCUT2D eigenvalue weighted by Gasteiger charge is 2.29. The van der Waals surface area contributed by atoms with Crippen LogP contribution in [0.2, 0.25) is 0 Å². The molecule has 2 heterocycles. The van der Waals surface area contributed by atoms with Crippen molar-refractivity contribution in [2.24, 2.45) is 0 Å². The number of anilines is 2. The summed E-state index contributed by atoms with van der Waals surface area (Å²) >= 11 is 0. The van der Waals surface area contributed by atoms with Gasteiger partial charge in [-0.25, -0.2) is 18.2 Å². The number of hydrogen-bond acceptors (Lipinski definition) is 7. The van der Waals surface area contributed by atoms with E-state index in [1.165, 1.54) is 30.8 Å². The van der Waals surface area contributed by atoms with E-state index < -0.39 is 16.0 Å². The quantitative estimate of drug-likeness (QED) is 0.738. The number of carbonyl (C=O) groups excluding carboxylic acids is 1. The fourth-order valence-corrected chi connectivity index (χ4v) is 4.82. The topological polar surface area (TPSA) is 97.8 Å². The third-order valence-electron chi connectivity index (χ3n) is 4.57. The number of hydrogen-bond donors (Lipinski definition) is 1. The molecule has 0 unspecified atom stereocenters. The Morgan fingerprint density at radius 1 is 1.14 bits per heavy atom. The second-order valence-corrected chi connectivity index (χ2v) is 8.25. The summed E-state index contributed by atoms with van der Waals surface area (Å²) in [4.78, 5) is 16.2. The molecular formula is C19H23N3O5S. The number of nitrogens with one attached hydrogen (secondary N) is 1. The van der Waals surface area contributed by atoms with Crippen molar-refractivity contribution >= 4 is 27.5 Å². The van der Waals surface area contributed by atoms with E-state index in [1.807, 2.05) is 0 Å². The maximum Gasteiger partial charge on any atom is 0.341 e. The number of pyridine rings is 1. The molecule has 2 aromatic rings. The lowest BCUT2D eigenvalue weighted by Crippen LogP contribution is -2.35. The van der Waals surface area contributed by atoms with Crippen LogP contribution in [-0.2, 0) is 14.8 Å². The third-order valence-corrected chi connectivity index (χ3v) is 6.49. The second-order valence-electron chi connectivity index (χ2n) is 6.35. The molecule has 1 N–H and O–H groups in total. The van der Waals surface area contributed by atoms with Crippen molar-refractivity contribution in [1.29, 1.82) is 0 Å². The Hall–Kier alpha value is -2.65. The molecule has 0 saturated carbocycles. The van der Waals surface area contributed by atoms with Gasteiger partial charge in [-0.15, -0.1) is 0 Å². The molecule has 1 aliphatic rings. The van der Waals surface area contributed by atoms with Crippen LogP contribution in [0.25, 0.3) is 0 Å². The lowest BCUT2D eigenvalue weighted by atomic mass is 10.2. The first-order chi connectivity index (χ1) is 13.5. The van der Waals surface area contributed by atoms with Crippen LogP contribution in [0.1, 0.15) is 29.6 Å². The van der Waals surface area contributed by atoms with Gasteiger partial charge in [0.1, 0.15) is 22.0 Å². The van der Waals surface area contributed by atoms with Crippen LogP contribution in [-0.4, -0.2) is 51.0 Å². The smallest absolute Gasteiger partial charge is 0.341 e. The Bertz CT molecular complexity index is 956. The van der Waals surface area contributed by atoms with Crippen LogP contribution >= 0.6 is 0 Å². The highest BCUT2D eigenvalue weighted by atomic mass is 32.2. The lowest BCUT2D eigenvalue weighted by Gasteiger charge is -2.26. The lowest BCUT2D eigenvalue weighted by molar-refractivity contribution is 0.0601. The first-order valence-electron chi connectivity index (χ1n) is 8.96. The van der Waals surface area contributed by atoms with Crippen molar-refractivity contribution in [3.63, 3.8) is 0 Å². The fourth-order valence-electron chi connectivity index (χ4n) is 3.12. The van der Waals surface area contributed by atoms with Crippen LogP contribution in [0.15, 0.2) is 41.4 Å². The molecule has 0 amide bonds. The van der Waals surface area contributed by atoms with Gasteiger partial charge in [-0.05, 0) is 43.2 Å². The minimum Gasteiger partial charge on any atom is -0.495 e. The number of sulfonamides is 1. The van der Waals surface area contributed by atoms with Crippen molar-refractivity contribution in [3.05, 3.63) is 42.1 Å². The molecule has 3 rings (SSSR count). The number of rotatable bonds is 6. The predicted molar refractivity (Wildman–Crippen MR) is 104 cm³/mol. The summed E-state index contributed by atoms with van der Waals surface area (Å²) in [5.74, 6) is 0.0106. The molecule has 0 bridgehead atoms. The van der Waals surface area contributed by atoms with Gasteiger partial charge in [0.25, 0.3) is 0 Å². The van der Waals surface area contributed by atoms with Crippen LogP contribution in [0.3, 0.4) is 0 Å².